The molecule has 0 saturated carbocycles. The molecule has 0 aliphatic heterocycles. The van der Waals surface area contributed by atoms with Crippen LogP contribution in [0.1, 0.15) is 40.2 Å². The minimum Gasteiger partial charge on any atom is -0.512 e. The molecule has 0 fully saturated rings. The molecule has 0 amide bonds. The van der Waals surface area contributed by atoms with Crippen LogP contribution in [0.5, 0.6) is 0 Å². The van der Waals surface area contributed by atoms with E-state index in [0.29, 0.717) is 40.2 Å². The van der Waals surface area contributed by atoms with Crippen molar-refractivity contribution in [3.63, 3.8) is 0 Å². The molecule has 32 heavy (non-hydrogen) atoms. The molecular weight excluding hydrogens is 430 g/mol. The van der Waals surface area contributed by atoms with Crippen molar-refractivity contribution >= 4 is 45.1 Å². The van der Waals surface area contributed by atoms with Gasteiger partial charge in [-0.3, -0.25) is 9.59 Å². The van der Waals surface area contributed by atoms with Crippen molar-refractivity contribution in [3.8, 4) is 5.69 Å². The number of carbonyl (C=O) groups excluding carboxylic acids is 2. The quantitative estimate of drug-likeness (QED) is 0.472. The summed E-state index contributed by atoms with van der Waals surface area (Å²) in [6.07, 6.45) is 2.65. The first-order valence-corrected chi connectivity index (χ1v) is 10.8. The van der Waals surface area contributed by atoms with Gasteiger partial charge in [-0.25, -0.2) is 9.79 Å². The van der Waals surface area contributed by atoms with Gasteiger partial charge in [0.1, 0.15) is 10.8 Å². The lowest BCUT2D eigenvalue weighted by Crippen LogP contribution is -2.24. The molecule has 0 saturated heterocycles. The lowest BCUT2D eigenvalue weighted by atomic mass is 9.97. The van der Waals surface area contributed by atoms with Gasteiger partial charge in [0.25, 0.3) is 5.56 Å². The van der Waals surface area contributed by atoms with E-state index in [-0.39, 0.29) is 28.2 Å². The van der Waals surface area contributed by atoms with Crippen LogP contribution in [0.3, 0.4) is 0 Å². The highest BCUT2D eigenvalue weighted by Crippen LogP contribution is 2.37. The molecule has 1 aromatic carbocycles. The SMILES string of the molecule is COC(=O)c1nn(-c2ccc(C)cc2)c(=O)c2c(/N=C/C3=C(O)CCCC3=O)sc(C)c12. The first-order valence-electron chi connectivity index (χ1n) is 10.0. The molecule has 0 bridgehead atoms. The number of carbonyl (C=O) groups is 2. The molecule has 4 rings (SSSR count). The predicted octanol–water partition coefficient (Wildman–Crippen LogP) is 4.12. The van der Waals surface area contributed by atoms with Crippen LogP contribution in [0.4, 0.5) is 5.00 Å². The van der Waals surface area contributed by atoms with E-state index < -0.39 is 11.5 Å². The first kappa shape index (κ1) is 21.6. The van der Waals surface area contributed by atoms with Crippen molar-refractivity contribution in [2.45, 2.75) is 33.1 Å². The Kier molecular flexibility index (Phi) is 5.75. The molecule has 2 heterocycles. The minimum atomic E-state index is -0.671. The Morgan fingerprint density at radius 2 is 1.91 bits per heavy atom. The van der Waals surface area contributed by atoms with Crippen molar-refractivity contribution in [2.24, 2.45) is 4.99 Å². The Balaban J connectivity index is 1.97. The maximum absolute atomic E-state index is 13.4. The average molecular weight is 452 g/mol. The smallest absolute Gasteiger partial charge is 0.359 e. The Labute approximate surface area is 187 Å². The summed E-state index contributed by atoms with van der Waals surface area (Å²) in [7, 11) is 1.25. The molecule has 1 N–H and O–H groups in total. The van der Waals surface area contributed by atoms with Crippen LogP contribution in [0, 0.1) is 13.8 Å². The average Bonchev–Trinajstić information content (AvgIpc) is 3.11. The van der Waals surface area contributed by atoms with E-state index in [4.69, 9.17) is 4.74 Å². The topological polar surface area (TPSA) is 111 Å². The highest BCUT2D eigenvalue weighted by Gasteiger charge is 2.25. The number of hydrogen-bond acceptors (Lipinski definition) is 8. The number of esters is 1. The number of ether oxygens (including phenoxy) is 1. The number of aliphatic hydroxyl groups is 1. The number of nitrogens with zero attached hydrogens (tertiary/aromatic N) is 3. The number of aliphatic imine (C=N–C) groups is 1. The van der Waals surface area contributed by atoms with E-state index in [2.05, 4.69) is 10.1 Å². The normalized spacial score (nSPS) is 14.5. The summed E-state index contributed by atoms with van der Waals surface area (Å²) in [4.78, 5) is 43.2. The molecule has 2 aromatic heterocycles. The van der Waals surface area contributed by atoms with E-state index in [0.717, 1.165) is 10.2 Å². The third-order valence-corrected chi connectivity index (χ3v) is 6.32. The van der Waals surface area contributed by atoms with Crippen molar-refractivity contribution in [1.82, 2.24) is 9.78 Å². The fourth-order valence-electron chi connectivity index (χ4n) is 3.62. The van der Waals surface area contributed by atoms with Gasteiger partial charge >= 0.3 is 5.97 Å². The van der Waals surface area contributed by atoms with Gasteiger partial charge in [-0.15, -0.1) is 11.3 Å². The van der Waals surface area contributed by atoms with Crippen molar-refractivity contribution < 1.29 is 19.4 Å². The molecule has 1 aliphatic carbocycles. The number of thiophene rings is 1. The Morgan fingerprint density at radius 3 is 2.56 bits per heavy atom. The summed E-state index contributed by atoms with van der Waals surface area (Å²) < 4.78 is 6.06. The number of aryl methyl sites for hydroxylation is 2. The zero-order valence-corrected chi connectivity index (χ0v) is 18.7. The first-order chi connectivity index (χ1) is 15.3. The molecule has 1 aliphatic rings. The molecule has 0 unspecified atom stereocenters. The predicted molar refractivity (Wildman–Crippen MR) is 123 cm³/mol. The fraction of sp³-hybridized carbons (Fsp3) is 0.261. The Hall–Kier alpha value is -3.59. The second-order valence-corrected chi connectivity index (χ2v) is 8.70. The largest absolute Gasteiger partial charge is 0.512 e. The Bertz CT molecular complexity index is 1360. The molecule has 0 atom stereocenters. The van der Waals surface area contributed by atoms with Crippen molar-refractivity contribution in [1.29, 1.82) is 0 Å². The summed E-state index contributed by atoms with van der Waals surface area (Å²) in [6.45, 7) is 3.69. The minimum absolute atomic E-state index is 0.00318. The number of benzene rings is 1. The summed E-state index contributed by atoms with van der Waals surface area (Å²) in [5, 5.41) is 15.3. The lowest BCUT2D eigenvalue weighted by Gasteiger charge is -2.11. The molecule has 0 spiro atoms. The maximum atomic E-state index is 13.4. The van der Waals surface area contributed by atoms with Gasteiger partial charge in [0.05, 0.1) is 23.8 Å². The van der Waals surface area contributed by atoms with Gasteiger partial charge in [-0.2, -0.15) is 9.78 Å². The lowest BCUT2D eigenvalue weighted by molar-refractivity contribution is -0.115. The second-order valence-electron chi connectivity index (χ2n) is 7.50. The van der Waals surface area contributed by atoms with Gasteiger partial charge in [0, 0.05) is 29.3 Å². The van der Waals surface area contributed by atoms with Crippen LogP contribution < -0.4 is 5.56 Å². The number of hydrogen-bond donors (Lipinski definition) is 1. The van der Waals surface area contributed by atoms with Gasteiger partial charge < -0.3 is 9.84 Å². The zero-order valence-electron chi connectivity index (χ0n) is 17.8. The highest BCUT2D eigenvalue weighted by molar-refractivity contribution is 7.17. The second kappa shape index (κ2) is 8.51. The van der Waals surface area contributed by atoms with E-state index in [1.807, 2.05) is 19.1 Å². The number of Topliss-reactive ketones (excluding diaryl/α,β-unsaturated/α-hetero) is 1. The molecule has 164 valence electrons. The summed E-state index contributed by atoms with van der Waals surface area (Å²) in [6, 6.07) is 7.16. The molecule has 3 aromatic rings. The van der Waals surface area contributed by atoms with Crippen LogP contribution in [0.15, 0.2) is 45.4 Å². The number of allylic oxidation sites excluding steroid dienone is 2. The van der Waals surface area contributed by atoms with Gasteiger partial charge in [-0.05, 0) is 32.4 Å². The molecular formula is C23H21N3O5S. The standard InChI is InChI=1S/C23H21N3O5S/c1-12-7-9-14(10-8-12)26-22(29)19-18(20(25-26)23(30)31-3)13(2)32-21(19)24-11-15-16(27)5-4-6-17(15)28/h7-11,27H,4-6H2,1-3H3/b24-11+. The van der Waals surface area contributed by atoms with Crippen LogP contribution in [-0.4, -0.2) is 40.0 Å². The third kappa shape index (κ3) is 3.75. The number of rotatable bonds is 4. The Morgan fingerprint density at radius 1 is 1.19 bits per heavy atom. The highest BCUT2D eigenvalue weighted by atomic mass is 32.1. The number of aromatic nitrogens is 2. The van der Waals surface area contributed by atoms with Crippen LogP contribution in [0.2, 0.25) is 0 Å². The van der Waals surface area contributed by atoms with E-state index in [1.54, 1.807) is 19.1 Å². The van der Waals surface area contributed by atoms with Gasteiger partial charge in [0.15, 0.2) is 11.5 Å². The fourth-order valence-corrected chi connectivity index (χ4v) is 4.61. The monoisotopic (exact) mass is 451 g/mol. The molecule has 9 heteroatoms. The van der Waals surface area contributed by atoms with Gasteiger partial charge in [-0.1, -0.05) is 17.7 Å². The number of fused-ring (bicyclic) bond motifs is 1. The summed E-state index contributed by atoms with van der Waals surface area (Å²) >= 11 is 1.21. The van der Waals surface area contributed by atoms with Crippen molar-refractivity contribution in [2.75, 3.05) is 7.11 Å². The van der Waals surface area contributed by atoms with Crippen LogP contribution >= 0.6 is 11.3 Å². The van der Waals surface area contributed by atoms with E-state index in [9.17, 15) is 19.5 Å². The van der Waals surface area contributed by atoms with Crippen LogP contribution in [-0.2, 0) is 9.53 Å². The summed E-state index contributed by atoms with van der Waals surface area (Å²) in [5.41, 5.74) is 1.22. The van der Waals surface area contributed by atoms with Gasteiger partial charge in [0.2, 0.25) is 0 Å². The number of aliphatic hydroxyl groups excluding tert-OH is 1. The number of ketones is 1. The molecule has 8 nitrogen and oxygen atoms in total. The van der Waals surface area contributed by atoms with E-state index in [1.165, 1.54) is 24.7 Å². The van der Waals surface area contributed by atoms with Crippen molar-refractivity contribution in [3.05, 3.63) is 62.1 Å². The van der Waals surface area contributed by atoms with Crippen LogP contribution in [0.25, 0.3) is 16.5 Å². The molecule has 0 radical (unpaired) electrons. The van der Waals surface area contributed by atoms with E-state index >= 15 is 0 Å². The third-order valence-electron chi connectivity index (χ3n) is 5.31. The summed E-state index contributed by atoms with van der Waals surface area (Å²) in [5.74, 6) is -0.865. The maximum Gasteiger partial charge on any atom is 0.359 e. The zero-order chi connectivity index (χ0) is 23.0. The number of methoxy groups -OCH3 is 1.